The quantitative estimate of drug-likeness (QED) is 0.484. The van der Waals surface area contributed by atoms with Gasteiger partial charge in [0.15, 0.2) is 5.96 Å². The molecule has 2 N–H and O–H groups in total. The third-order valence-corrected chi connectivity index (χ3v) is 2.31. The molecule has 1 rings (SSSR count). The lowest BCUT2D eigenvalue weighted by Crippen LogP contribution is -2.47. The Kier molecular flexibility index (Phi) is 7.82. The zero-order chi connectivity index (χ0) is 13.6. The molecule has 0 heterocycles. The number of methoxy groups -OCH3 is 1. The standard InChI is InChI=1S/C14H23N3O.HI/c1-14(2,3)17-13(15-4)16-10-11-7-6-8-12(9-11)18-5;/h6-9H,10H2,1-5H3,(H2,15,16,17);1H. The molecular formula is C14H24IN3O. The third kappa shape index (κ3) is 7.25. The van der Waals surface area contributed by atoms with Crippen LogP contribution in [0.3, 0.4) is 0 Å². The van der Waals surface area contributed by atoms with Gasteiger partial charge in [0, 0.05) is 19.1 Å². The van der Waals surface area contributed by atoms with Gasteiger partial charge in [-0.3, -0.25) is 4.99 Å². The van der Waals surface area contributed by atoms with E-state index in [0.717, 1.165) is 17.3 Å². The Balaban J connectivity index is 0.00000324. The second-order valence-corrected chi connectivity index (χ2v) is 5.15. The zero-order valence-corrected chi connectivity index (χ0v) is 14.6. The molecular weight excluding hydrogens is 353 g/mol. The Hall–Kier alpha value is -0.980. The highest BCUT2D eigenvalue weighted by Gasteiger charge is 2.11. The largest absolute Gasteiger partial charge is 0.497 e. The van der Waals surface area contributed by atoms with Crippen molar-refractivity contribution >= 4 is 29.9 Å². The highest BCUT2D eigenvalue weighted by atomic mass is 127. The van der Waals surface area contributed by atoms with E-state index in [-0.39, 0.29) is 29.5 Å². The lowest BCUT2D eigenvalue weighted by Gasteiger charge is -2.23. The molecule has 0 aliphatic rings. The minimum absolute atomic E-state index is 0. The lowest BCUT2D eigenvalue weighted by molar-refractivity contribution is 0.414. The molecule has 0 aliphatic carbocycles. The van der Waals surface area contributed by atoms with Gasteiger partial charge in [0.05, 0.1) is 7.11 Å². The van der Waals surface area contributed by atoms with Crippen LogP contribution in [0.4, 0.5) is 0 Å². The SMILES string of the molecule is CN=C(NCc1cccc(OC)c1)NC(C)(C)C.I. The van der Waals surface area contributed by atoms with Crippen molar-refractivity contribution in [1.29, 1.82) is 0 Å². The van der Waals surface area contributed by atoms with E-state index in [2.05, 4.69) is 42.5 Å². The Morgan fingerprint density at radius 3 is 2.53 bits per heavy atom. The van der Waals surface area contributed by atoms with E-state index in [1.807, 2.05) is 18.2 Å². The van der Waals surface area contributed by atoms with Crippen LogP contribution in [0.15, 0.2) is 29.3 Å². The maximum atomic E-state index is 5.19. The molecule has 0 aromatic heterocycles. The summed E-state index contributed by atoms with van der Waals surface area (Å²) in [4.78, 5) is 4.19. The monoisotopic (exact) mass is 377 g/mol. The van der Waals surface area contributed by atoms with Crippen molar-refractivity contribution < 1.29 is 4.74 Å². The minimum Gasteiger partial charge on any atom is -0.497 e. The van der Waals surface area contributed by atoms with Crippen molar-refractivity contribution in [1.82, 2.24) is 10.6 Å². The van der Waals surface area contributed by atoms with Crippen LogP contribution in [-0.2, 0) is 6.54 Å². The van der Waals surface area contributed by atoms with Crippen molar-refractivity contribution in [3.8, 4) is 5.75 Å². The summed E-state index contributed by atoms with van der Waals surface area (Å²) < 4.78 is 5.19. The number of halogens is 1. The predicted octanol–water partition coefficient (Wildman–Crippen LogP) is 2.78. The summed E-state index contributed by atoms with van der Waals surface area (Å²) >= 11 is 0. The predicted molar refractivity (Wildman–Crippen MR) is 91.5 cm³/mol. The number of rotatable bonds is 3. The summed E-state index contributed by atoms with van der Waals surface area (Å²) in [5.41, 5.74) is 1.15. The zero-order valence-electron chi connectivity index (χ0n) is 12.3. The summed E-state index contributed by atoms with van der Waals surface area (Å²) in [5.74, 6) is 1.67. The van der Waals surface area contributed by atoms with Gasteiger partial charge in [-0.25, -0.2) is 0 Å². The van der Waals surface area contributed by atoms with Crippen LogP contribution >= 0.6 is 24.0 Å². The van der Waals surface area contributed by atoms with Crippen molar-refractivity contribution in [2.24, 2.45) is 4.99 Å². The first-order valence-electron chi connectivity index (χ1n) is 6.06. The van der Waals surface area contributed by atoms with E-state index in [4.69, 9.17) is 4.74 Å². The first-order valence-corrected chi connectivity index (χ1v) is 6.06. The normalized spacial score (nSPS) is 11.5. The van der Waals surface area contributed by atoms with E-state index in [1.54, 1.807) is 14.2 Å². The molecule has 0 aliphatic heterocycles. The van der Waals surface area contributed by atoms with Crippen molar-refractivity contribution in [3.63, 3.8) is 0 Å². The fourth-order valence-corrected chi connectivity index (χ4v) is 1.50. The summed E-state index contributed by atoms with van der Waals surface area (Å²) in [6.07, 6.45) is 0. The van der Waals surface area contributed by atoms with E-state index < -0.39 is 0 Å². The molecule has 19 heavy (non-hydrogen) atoms. The Morgan fingerprint density at radius 2 is 2.00 bits per heavy atom. The molecule has 0 unspecified atom stereocenters. The number of hydrogen-bond donors (Lipinski definition) is 2. The molecule has 0 amide bonds. The van der Waals surface area contributed by atoms with Gasteiger partial charge >= 0.3 is 0 Å². The van der Waals surface area contributed by atoms with Gasteiger partial charge in [0.1, 0.15) is 5.75 Å². The molecule has 108 valence electrons. The molecule has 0 radical (unpaired) electrons. The number of ether oxygens (including phenoxy) is 1. The highest BCUT2D eigenvalue weighted by Crippen LogP contribution is 2.12. The number of benzene rings is 1. The van der Waals surface area contributed by atoms with Crippen LogP contribution in [0, 0.1) is 0 Å². The van der Waals surface area contributed by atoms with Crippen LogP contribution in [0.2, 0.25) is 0 Å². The molecule has 5 heteroatoms. The minimum atomic E-state index is -0.00375. The average molecular weight is 377 g/mol. The average Bonchev–Trinajstić information content (AvgIpc) is 2.33. The molecule has 0 spiro atoms. The van der Waals surface area contributed by atoms with Gasteiger partial charge in [-0.05, 0) is 38.5 Å². The van der Waals surface area contributed by atoms with Crippen molar-refractivity contribution in [3.05, 3.63) is 29.8 Å². The van der Waals surface area contributed by atoms with Gasteiger partial charge in [0.2, 0.25) is 0 Å². The number of nitrogens with zero attached hydrogens (tertiary/aromatic N) is 1. The van der Waals surface area contributed by atoms with Crippen LogP contribution in [0.25, 0.3) is 0 Å². The fraction of sp³-hybridized carbons (Fsp3) is 0.500. The topological polar surface area (TPSA) is 45.7 Å². The van der Waals surface area contributed by atoms with Crippen LogP contribution < -0.4 is 15.4 Å². The molecule has 1 aromatic rings. The number of guanidine groups is 1. The maximum Gasteiger partial charge on any atom is 0.191 e. The lowest BCUT2D eigenvalue weighted by atomic mass is 10.1. The Labute approximate surface area is 133 Å². The summed E-state index contributed by atoms with van der Waals surface area (Å²) in [5, 5.41) is 6.59. The Bertz CT molecular complexity index is 413. The molecule has 1 aromatic carbocycles. The molecule has 0 saturated heterocycles. The van der Waals surface area contributed by atoms with Crippen molar-refractivity contribution in [2.75, 3.05) is 14.2 Å². The summed E-state index contributed by atoms with van der Waals surface area (Å²) in [7, 11) is 3.44. The van der Waals surface area contributed by atoms with Gasteiger partial charge in [-0.15, -0.1) is 24.0 Å². The van der Waals surface area contributed by atoms with E-state index >= 15 is 0 Å². The van der Waals surface area contributed by atoms with Gasteiger partial charge in [0.25, 0.3) is 0 Å². The fourth-order valence-electron chi connectivity index (χ4n) is 1.50. The van der Waals surface area contributed by atoms with E-state index in [0.29, 0.717) is 6.54 Å². The summed E-state index contributed by atoms with van der Waals surface area (Å²) in [6, 6.07) is 7.98. The van der Waals surface area contributed by atoms with Crippen LogP contribution in [-0.4, -0.2) is 25.7 Å². The van der Waals surface area contributed by atoms with E-state index in [1.165, 1.54) is 0 Å². The molecule has 0 saturated carbocycles. The second kappa shape index (κ2) is 8.24. The van der Waals surface area contributed by atoms with Crippen LogP contribution in [0.1, 0.15) is 26.3 Å². The first kappa shape index (κ1) is 18.0. The molecule has 0 bridgehead atoms. The molecule has 0 atom stereocenters. The maximum absolute atomic E-state index is 5.19. The van der Waals surface area contributed by atoms with E-state index in [9.17, 15) is 0 Å². The van der Waals surface area contributed by atoms with Gasteiger partial charge in [-0.1, -0.05) is 12.1 Å². The second-order valence-electron chi connectivity index (χ2n) is 5.15. The summed E-state index contributed by atoms with van der Waals surface area (Å²) in [6.45, 7) is 7.02. The van der Waals surface area contributed by atoms with Gasteiger partial charge in [-0.2, -0.15) is 0 Å². The first-order chi connectivity index (χ1) is 8.44. The number of aliphatic imine (C=N–C) groups is 1. The third-order valence-electron chi connectivity index (χ3n) is 2.31. The van der Waals surface area contributed by atoms with Crippen LogP contribution in [0.5, 0.6) is 5.75 Å². The number of hydrogen-bond acceptors (Lipinski definition) is 2. The molecule has 0 fully saturated rings. The molecule has 4 nitrogen and oxygen atoms in total. The smallest absolute Gasteiger partial charge is 0.191 e. The van der Waals surface area contributed by atoms with Gasteiger partial charge < -0.3 is 15.4 Å². The number of nitrogens with one attached hydrogen (secondary N) is 2. The Morgan fingerprint density at radius 1 is 1.32 bits per heavy atom. The highest BCUT2D eigenvalue weighted by molar-refractivity contribution is 14.0. The van der Waals surface area contributed by atoms with Crippen molar-refractivity contribution in [2.45, 2.75) is 32.9 Å².